The second kappa shape index (κ2) is 8.00. The van der Waals surface area contributed by atoms with Gasteiger partial charge in [-0.3, -0.25) is 4.79 Å². The van der Waals surface area contributed by atoms with Gasteiger partial charge < -0.3 is 9.64 Å². The lowest BCUT2D eigenvalue weighted by Gasteiger charge is -2.09. The zero-order valence-electron chi connectivity index (χ0n) is 12.2. The first-order chi connectivity index (χ1) is 9.58. The van der Waals surface area contributed by atoms with E-state index in [1.807, 2.05) is 30.3 Å². The van der Waals surface area contributed by atoms with Crippen LogP contribution >= 0.6 is 0 Å². The number of hydrogen-bond donors (Lipinski definition) is 0. The fourth-order valence-electron chi connectivity index (χ4n) is 1.54. The lowest BCUT2D eigenvalue weighted by molar-refractivity contribution is -0.124. The van der Waals surface area contributed by atoms with Gasteiger partial charge in [0.05, 0.1) is 6.61 Å². The third-order valence-corrected chi connectivity index (χ3v) is 2.71. The minimum atomic E-state index is -0.296. The van der Waals surface area contributed by atoms with Crippen molar-refractivity contribution in [2.24, 2.45) is 0 Å². The number of amides is 1. The van der Waals surface area contributed by atoms with Gasteiger partial charge in [-0.25, -0.2) is 0 Å². The van der Waals surface area contributed by atoms with Crippen LogP contribution in [0.4, 0.5) is 0 Å². The molecule has 106 valence electrons. The number of rotatable bonds is 6. The minimum absolute atomic E-state index is 0.120. The predicted octanol–water partition coefficient (Wildman–Crippen LogP) is 2.86. The lowest BCUT2D eigenvalue weighted by Crippen LogP contribution is -2.22. The molecule has 0 aromatic heterocycles. The van der Waals surface area contributed by atoms with Crippen LogP contribution in [0.15, 0.2) is 29.8 Å². The van der Waals surface area contributed by atoms with E-state index in [-0.39, 0.29) is 11.5 Å². The van der Waals surface area contributed by atoms with Crippen LogP contribution in [-0.2, 0) is 4.79 Å². The first-order valence-electron chi connectivity index (χ1n) is 6.64. The zero-order valence-corrected chi connectivity index (χ0v) is 12.2. The van der Waals surface area contributed by atoms with Crippen molar-refractivity contribution in [3.8, 4) is 11.8 Å². The fraction of sp³-hybridized carbons (Fsp3) is 0.375. The molecule has 4 heteroatoms. The summed E-state index contributed by atoms with van der Waals surface area (Å²) in [5.41, 5.74) is 0.925. The molecule has 0 bridgehead atoms. The van der Waals surface area contributed by atoms with Crippen molar-refractivity contribution >= 4 is 12.0 Å². The van der Waals surface area contributed by atoms with Gasteiger partial charge in [0, 0.05) is 14.1 Å². The van der Waals surface area contributed by atoms with E-state index in [2.05, 4.69) is 6.92 Å². The molecule has 1 aromatic carbocycles. The number of carbonyl (C=O) groups excluding carboxylic acids is 1. The highest BCUT2D eigenvalue weighted by Crippen LogP contribution is 2.15. The van der Waals surface area contributed by atoms with Gasteiger partial charge in [0.15, 0.2) is 0 Å². The topological polar surface area (TPSA) is 53.3 Å². The van der Waals surface area contributed by atoms with E-state index in [1.54, 1.807) is 20.2 Å². The molecule has 1 amide bonds. The third-order valence-electron chi connectivity index (χ3n) is 2.71. The molecule has 0 aliphatic carbocycles. The Kier molecular flexibility index (Phi) is 6.31. The summed E-state index contributed by atoms with van der Waals surface area (Å²) < 4.78 is 5.56. The Morgan fingerprint density at radius 2 is 2.00 bits per heavy atom. The quantitative estimate of drug-likeness (QED) is 0.454. The molecule has 1 aromatic rings. The van der Waals surface area contributed by atoms with E-state index in [4.69, 9.17) is 10.00 Å². The average molecular weight is 272 g/mol. The van der Waals surface area contributed by atoms with Crippen LogP contribution in [0.25, 0.3) is 6.08 Å². The molecule has 0 unspecified atom stereocenters. The summed E-state index contributed by atoms with van der Waals surface area (Å²) in [6.45, 7) is 2.82. The lowest BCUT2D eigenvalue weighted by atomic mass is 10.1. The van der Waals surface area contributed by atoms with Gasteiger partial charge in [-0.1, -0.05) is 25.5 Å². The predicted molar refractivity (Wildman–Crippen MR) is 79.1 cm³/mol. The number of likely N-dealkylation sites (N-methyl/N-ethyl adjacent to an activating group) is 1. The van der Waals surface area contributed by atoms with Crippen LogP contribution in [0, 0.1) is 11.3 Å². The maximum absolute atomic E-state index is 11.7. The molecule has 0 saturated carbocycles. The average Bonchev–Trinajstić information content (AvgIpc) is 2.45. The summed E-state index contributed by atoms with van der Waals surface area (Å²) >= 11 is 0. The molecular formula is C16H20N2O2. The molecule has 0 saturated heterocycles. The monoisotopic (exact) mass is 272 g/mol. The van der Waals surface area contributed by atoms with E-state index in [9.17, 15) is 4.79 Å². The van der Waals surface area contributed by atoms with Crippen molar-refractivity contribution in [3.05, 3.63) is 35.4 Å². The Labute approximate surface area is 120 Å². The number of unbranched alkanes of at least 4 members (excludes halogenated alkanes) is 1. The van der Waals surface area contributed by atoms with E-state index in [0.717, 1.165) is 24.2 Å². The molecular weight excluding hydrogens is 252 g/mol. The summed E-state index contributed by atoms with van der Waals surface area (Å²) in [4.78, 5) is 13.1. The van der Waals surface area contributed by atoms with Crippen LogP contribution in [0.2, 0.25) is 0 Å². The van der Waals surface area contributed by atoms with Crippen molar-refractivity contribution in [2.75, 3.05) is 20.7 Å². The Morgan fingerprint density at radius 1 is 1.35 bits per heavy atom. The van der Waals surface area contributed by atoms with Gasteiger partial charge >= 0.3 is 0 Å². The smallest absolute Gasteiger partial charge is 0.264 e. The Bertz CT molecular complexity index is 510. The third kappa shape index (κ3) is 4.77. The normalized spacial score (nSPS) is 10.8. The highest BCUT2D eigenvalue weighted by Gasteiger charge is 2.10. The first kappa shape index (κ1) is 15.8. The molecule has 1 rings (SSSR count). The summed E-state index contributed by atoms with van der Waals surface area (Å²) in [5, 5.41) is 9.01. The van der Waals surface area contributed by atoms with E-state index in [1.165, 1.54) is 4.90 Å². The minimum Gasteiger partial charge on any atom is -0.494 e. The van der Waals surface area contributed by atoms with E-state index in [0.29, 0.717) is 6.61 Å². The number of nitrogens with zero attached hydrogens (tertiary/aromatic N) is 2. The van der Waals surface area contributed by atoms with Gasteiger partial charge in [-0.2, -0.15) is 5.26 Å². The van der Waals surface area contributed by atoms with Crippen molar-refractivity contribution in [3.63, 3.8) is 0 Å². The molecule has 0 aliphatic heterocycles. The van der Waals surface area contributed by atoms with Crippen LogP contribution in [0.3, 0.4) is 0 Å². The zero-order chi connectivity index (χ0) is 15.0. The maximum atomic E-state index is 11.7. The maximum Gasteiger partial charge on any atom is 0.264 e. The van der Waals surface area contributed by atoms with Crippen LogP contribution in [-0.4, -0.2) is 31.5 Å². The van der Waals surface area contributed by atoms with Gasteiger partial charge in [-0.05, 0) is 30.2 Å². The van der Waals surface area contributed by atoms with Gasteiger partial charge in [-0.15, -0.1) is 0 Å². The molecule has 0 atom stereocenters. The van der Waals surface area contributed by atoms with Crippen molar-refractivity contribution < 1.29 is 9.53 Å². The molecule has 0 fully saturated rings. The summed E-state index contributed by atoms with van der Waals surface area (Å²) in [5.74, 6) is 0.504. The van der Waals surface area contributed by atoms with Crippen LogP contribution < -0.4 is 4.74 Å². The molecule has 0 aliphatic rings. The molecule has 0 radical (unpaired) electrons. The summed E-state index contributed by atoms with van der Waals surface area (Å²) in [6, 6.07) is 9.28. The van der Waals surface area contributed by atoms with E-state index < -0.39 is 0 Å². The summed E-state index contributed by atoms with van der Waals surface area (Å²) in [7, 11) is 3.25. The molecule has 0 N–H and O–H groups in total. The molecule has 0 spiro atoms. The number of ether oxygens (including phenoxy) is 1. The number of benzene rings is 1. The second-order valence-electron chi connectivity index (χ2n) is 4.64. The Hall–Kier alpha value is -2.28. The number of nitriles is 1. The molecule has 0 heterocycles. The fourth-order valence-corrected chi connectivity index (χ4v) is 1.54. The number of hydrogen-bond acceptors (Lipinski definition) is 3. The highest BCUT2D eigenvalue weighted by molar-refractivity contribution is 6.01. The van der Waals surface area contributed by atoms with E-state index >= 15 is 0 Å². The largest absolute Gasteiger partial charge is 0.494 e. The molecule has 4 nitrogen and oxygen atoms in total. The highest BCUT2D eigenvalue weighted by atomic mass is 16.5. The van der Waals surface area contributed by atoms with Crippen molar-refractivity contribution in [2.45, 2.75) is 19.8 Å². The summed E-state index contributed by atoms with van der Waals surface area (Å²) in [6.07, 6.45) is 3.70. The number of carbonyl (C=O) groups is 1. The SMILES string of the molecule is CCCCOc1ccc(/C=C(\C#N)C(=O)N(C)C)cc1. The Balaban J connectivity index is 2.77. The first-order valence-corrected chi connectivity index (χ1v) is 6.64. The van der Waals surface area contributed by atoms with Crippen molar-refractivity contribution in [1.82, 2.24) is 4.90 Å². The van der Waals surface area contributed by atoms with Gasteiger partial charge in [0.25, 0.3) is 5.91 Å². The second-order valence-corrected chi connectivity index (χ2v) is 4.64. The Morgan fingerprint density at radius 3 is 2.50 bits per heavy atom. The standard InChI is InChI=1S/C16H20N2O2/c1-4-5-10-20-15-8-6-13(7-9-15)11-14(12-17)16(19)18(2)3/h6-9,11H,4-5,10H2,1-3H3/b14-11+. The molecule has 20 heavy (non-hydrogen) atoms. The van der Waals surface area contributed by atoms with Gasteiger partial charge in [0.1, 0.15) is 17.4 Å². The van der Waals surface area contributed by atoms with Crippen LogP contribution in [0.1, 0.15) is 25.3 Å². The van der Waals surface area contributed by atoms with Crippen molar-refractivity contribution in [1.29, 1.82) is 5.26 Å². The van der Waals surface area contributed by atoms with Gasteiger partial charge in [0.2, 0.25) is 0 Å². The van der Waals surface area contributed by atoms with Crippen LogP contribution in [0.5, 0.6) is 5.75 Å².